The number of rotatable bonds is 4. The predicted octanol–water partition coefficient (Wildman–Crippen LogP) is 2.20. The number of aromatic nitrogens is 3. The van der Waals surface area contributed by atoms with Crippen molar-refractivity contribution < 1.29 is 4.79 Å². The predicted molar refractivity (Wildman–Crippen MR) is 110 cm³/mol. The molecular formula is C20H16N4O3S. The van der Waals surface area contributed by atoms with Gasteiger partial charge in [0, 0.05) is 29.8 Å². The van der Waals surface area contributed by atoms with Crippen LogP contribution in [0.1, 0.15) is 6.42 Å². The Balaban J connectivity index is 2.03. The molecule has 8 heteroatoms. The number of carbonyl (C=O) groups excluding carboxylic acids is 1. The number of pyridine rings is 1. The van der Waals surface area contributed by atoms with Crippen LogP contribution in [0.4, 0.5) is 0 Å². The summed E-state index contributed by atoms with van der Waals surface area (Å²) in [5.41, 5.74) is 0.345. The first-order chi connectivity index (χ1) is 13.6. The van der Waals surface area contributed by atoms with Crippen molar-refractivity contribution in [3.63, 3.8) is 0 Å². The van der Waals surface area contributed by atoms with E-state index in [1.54, 1.807) is 18.3 Å². The summed E-state index contributed by atoms with van der Waals surface area (Å²) in [5, 5.41) is 0.324. The van der Waals surface area contributed by atoms with Gasteiger partial charge in [0.25, 0.3) is 5.56 Å². The van der Waals surface area contributed by atoms with Crippen molar-refractivity contribution in [2.75, 3.05) is 6.26 Å². The summed E-state index contributed by atoms with van der Waals surface area (Å²) < 4.78 is 2.54. The van der Waals surface area contributed by atoms with Crippen LogP contribution < -0.4 is 11.2 Å². The minimum Gasteiger partial charge on any atom is -0.294 e. The topological polar surface area (TPSA) is 86.3 Å². The summed E-state index contributed by atoms with van der Waals surface area (Å²) in [7, 11) is 0. The Labute approximate surface area is 164 Å². The van der Waals surface area contributed by atoms with Crippen LogP contribution in [0.2, 0.25) is 0 Å². The molecule has 0 amide bonds. The van der Waals surface area contributed by atoms with Gasteiger partial charge in [0.2, 0.25) is 0 Å². The number of hydrogen-bond acceptors (Lipinski definition) is 6. The van der Waals surface area contributed by atoms with E-state index in [2.05, 4.69) is 9.98 Å². The molecule has 0 atom stereocenters. The Hall–Kier alpha value is -3.26. The van der Waals surface area contributed by atoms with Crippen LogP contribution in [0, 0.1) is 0 Å². The molecule has 1 aliphatic rings. The number of ketones is 1. The average molecular weight is 392 g/mol. The molecule has 0 fully saturated rings. The highest BCUT2D eigenvalue weighted by atomic mass is 32.2. The summed E-state index contributed by atoms with van der Waals surface area (Å²) in [6.45, 7) is -0.0772. The lowest BCUT2D eigenvalue weighted by Crippen LogP contribution is -2.40. The standard InChI is InChI=1S/C20H16N4O3S/c1-28-17-7-3-2-6-16(17)24-18-15(5-4-9-22-18)19(26)23(20(24)27)12-13-11-14(25)8-10-21-13/h2-7,9-11H,8,12H2,1H3. The molecule has 0 bridgehead atoms. The zero-order chi connectivity index (χ0) is 19.7. The molecule has 2 aromatic heterocycles. The third-order valence-electron chi connectivity index (χ3n) is 4.42. The Morgan fingerprint density at radius 1 is 1.11 bits per heavy atom. The average Bonchev–Trinajstić information content (AvgIpc) is 2.72. The van der Waals surface area contributed by atoms with Crippen molar-refractivity contribution in [2.45, 2.75) is 17.9 Å². The molecule has 140 valence electrons. The largest absolute Gasteiger partial charge is 0.337 e. The number of benzene rings is 1. The van der Waals surface area contributed by atoms with E-state index in [4.69, 9.17) is 0 Å². The SMILES string of the molecule is CSc1ccccc1-n1c(=O)n(CC2=CC(=O)CC=N2)c(=O)c2cccnc21. The highest BCUT2D eigenvalue weighted by molar-refractivity contribution is 7.98. The molecule has 3 heterocycles. The molecule has 0 unspecified atom stereocenters. The van der Waals surface area contributed by atoms with Crippen LogP contribution in [-0.4, -0.2) is 32.4 Å². The van der Waals surface area contributed by atoms with Gasteiger partial charge >= 0.3 is 5.69 Å². The van der Waals surface area contributed by atoms with E-state index in [1.807, 2.05) is 30.5 Å². The van der Waals surface area contributed by atoms with Gasteiger partial charge in [0.1, 0.15) is 0 Å². The molecule has 0 N–H and O–H groups in total. The Morgan fingerprint density at radius 3 is 2.71 bits per heavy atom. The zero-order valence-corrected chi connectivity index (χ0v) is 15.8. The number of thioether (sulfide) groups is 1. The van der Waals surface area contributed by atoms with Crippen molar-refractivity contribution >= 4 is 34.8 Å². The first-order valence-corrected chi connectivity index (χ1v) is 9.82. The number of hydrogen-bond donors (Lipinski definition) is 0. The number of nitrogens with zero attached hydrogens (tertiary/aromatic N) is 4. The number of carbonyl (C=O) groups is 1. The minimum atomic E-state index is -0.521. The van der Waals surface area contributed by atoms with E-state index in [0.29, 0.717) is 22.4 Å². The zero-order valence-electron chi connectivity index (χ0n) is 15.0. The third kappa shape index (κ3) is 3.11. The molecule has 28 heavy (non-hydrogen) atoms. The summed E-state index contributed by atoms with van der Waals surface area (Å²) in [6, 6.07) is 10.7. The van der Waals surface area contributed by atoms with Gasteiger partial charge < -0.3 is 0 Å². The Bertz CT molecular complexity index is 1270. The van der Waals surface area contributed by atoms with Crippen LogP contribution in [0.5, 0.6) is 0 Å². The second-order valence-corrected chi connectivity index (χ2v) is 7.02. The maximum absolute atomic E-state index is 13.3. The van der Waals surface area contributed by atoms with E-state index in [0.717, 1.165) is 9.46 Å². The third-order valence-corrected chi connectivity index (χ3v) is 5.20. The van der Waals surface area contributed by atoms with Gasteiger partial charge in [-0.1, -0.05) is 12.1 Å². The monoisotopic (exact) mass is 392 g/mol. The first-order valence-electron chi connectivity index (χ1n) is 8.60. The van der Waals surface area contributed by atoms with Crippen LogP contribution >= 0.6 is 11.8 Å². The lowest BCUT2D eigenvalue weighted by Gasteiger charge is -2.16. The summed E-state index contributed by atoms with van der Waals surface area (Å²) in [6.07, 6.45) is 6.57. The van der Waals surface area contributed by atoms with Crippen LogP contribution in [-0.2, 0) is 11.3 Å². The van der Waals surface area contributed by atoms with E-state index >= 15 is 0 Å². The number of aliphatic imine (C=N–C) groups is 1. The van der Waals surface area contributed by atoms with Crippen molar-refractivity contribution in [1.82, 2.24) is 14.1 Å². The fraction of sp³-hybridized carbons (Fsp3) is 0.150. The Morgan fingerprint density at radius 2 is 1.93 bits per heavy atom. The molecule has 1 aromatic carbocycles. The van der Waals surface area contributed by atoms with Gasteiger partial charge in [-0.25, -0.2) is 14.3 Å². The molecule has 0 radical (unpaired) electrons. The van der Waals surface area contributed by atoms with Gasteiger partial charge in [-0.05, 0) is 30.5 Å². The lowest BCUT2D eigenvalue weighted by atomic mass is 10.2. The number of fused-ring (bicyclic) bond motifs is 1. The maximum Gasteiger partial charge on any atom is 0.337 e. The minimum absolute atomic E-state index is 0.0772. The van der Waals surface area contributed by atoms with Crippen molar-refractivity contribution in [3.8, 4) is 5.69 Å². The molecule has 0 spiro atoms. The van der Waals surface area contributed by atoms with Crippen LogP contribution in [0.25, 0.3) is 16.7 Å². The molecule has 1 aliphatic heterocycles. The highest BCUT2D eigenvalue weighted by Gasteiger charge is 2.18. The second kappa shape index (κ2) is 7.40. The van der Waals surface area contributed by atoms with Crippen LogP contribution in [0.15, 0.2) is 73.8 Å². The molecule has 0 aliphatic carbocycles. The van der Waals surface area contributed by atoms with Crippen molar-refractivity contribution in [2.24, 2.45) is 4.99 Å². The number of para-hydroxylation sites is 1. The van der Waals surface area contributed by atoms with E-state index in [-0.39, 0.29) is 18.7 Å². The molecule has 4 rings (SSSR count). The first kappa shape index (κ1) is 18.1. The van der Waals surface area contributed by atoms with Gasteiger partial charge in [-0.3, -0.25) is 19.1 Å². The molecule has 0 saturated heterocycles. The van der Waals surface area contributed by atoms with Crippen molar-refractivity contribution in [3.05, 3.63) is 75.2 Å². The highest BCUT2D eigenvalue weighted by Crippen LogP contribution is 2.24. The van der Waals surface area contributed by atoms with Gasteiger partial charge in [0.05, 0.1) is 23.3 Å². The normalized spacial score (nSPS) is 13.8. The smallest absolute Gasteiger partial charge is 0.294 e. The molecule has 3 aromatic rings. The molecule has 0 saturated carbocycles. The van der Waals surface area contributed by atoms with E-state index < -0.39 is 11.2 Å². The summed E-state index contributed by atoms with van der Waals surface area (Å²) in [5.74, 6) is -0.103. The fourth-order valence-electron chi connectivity index (χ4n) is 3.14. The molecular weight excluding hydrogens is 376 g/mol. The number of allylic oxidation sites excluding steroid dienone is 2. The van der Waals surface area contributed by atoms with E-state index in [9.17, 15) is 14.4 Å². The summed E-state index contributed by atoms with van der Waals surface area (Å²) in [4.78, 5) is 47.3. The van der Waals surface area contributed by atoms with Gasteiger partial charge in [0.15, 0.2) is 11.4 Å². The summed E-state index contributed by atoms with van der Waals surface area (Å²) >= 11 is 1.50. The van der Waals surface area contributed by atoms with E-state index in [1.165, 1.54) is 28.6 Å². The maximum atomic E-state index is 13.3. The Kier molecular flexibility index (Phi) is 4.79. The second-order valence-electron chi connectivity index (χ2n) is 6.17. The quantitative estimate of drug-likeness (QED) is 0.636. The molecule has 7 nitrogen and oxygen atoms in total. The van der Waals surface area contributed by atoms with Crippen molar-refractivity contribution in [1.29, 1.82) is 0 Å². The van der Waals surface area contributed by atoms with Gasteiger partial charge in [-0.2, -0.15) is 0 Å². The lowest BCUT2D eigenvalue weighted by molar-refractivity contribution is -0.113. The van der Waals surface area contributed by atoms with Crippen LogP contribution in [0.3, 0.4) is 0 Å². The van der Waals surface area contributed by atoms with Gasteiger partial charge in [-0.15, -0.1) is 11.8 Å². The fourth-order valence-corrected chi connectivity index (χ4v) is 3.72.